The van der Waals surface area contributed by atoms with Gasteiger partial charge in [0.1, 0.15) is 16.9 Å². The van der Waals surface area contributed by atoms with Gasteiger partial charge in [-0.05, 0) is 29.8 Å². The van der Waals surface area contributed by atoms with Crippen LogP contribution in [0.3, 0.4) is 0 Å². The number of aromatic amines is 1. The van der Waals surface area contributed by atoms with Crippen molar-refractivity contribution in [1.29, 1.82) is 0 Å². The van der Waals surface area contributed by atoms with E-state index in [9.17, 15) is 9.18 Å². The summed E-state index contributed by atoms with van der Waals surface area (Å²) in [6, 6.07) is 15.1. The third-order valence-corrected chi connectivity index (χ3v) is 4.64. The lowest BCUT2D eigenvalue weighted by molar-refractivity contribution is -0.115. The number of amides is 1. The molecule has 0 aliphatic carbocycles. The molecule has 0 spiro atoms. The summed E-state index contributed by atoms with van der Waals surface area (Å²) in [5.74, 6) is 0.207. The van der Waals surface area contributed by atoms with Crippen molar-refractivity contribution in [1.82, 2.24) is 15.2 Å². The standard InChI is InChI=1S/C18H17FN4OS/c1-2-15-21-18(23-22-15)25-16(12-6-4-3-5-7-12)17(24)20-14-10-8-13(19)9-11-14/h3-11,16H,2H2,1H3,(H,20,24)(H,21,22,23). The van der Waals surface area contributed by atoms with Crippen molar-refractivity contribution in [2.75, 3.05) is 5.32 Å². The monoisotopic (exact) mass is 356 g/mol. The Balaban J connectivity index is 1.82. The van der Waals surface area contributed by atoms with E-state index >= 15 is 0 Å². The molecule has 1 amide bonds. The maximum atomic E-state index is 13.0. The Morgan fingerprint density at radius 1 is 1.20 bits per heavy atom. The summed E-state index contributed by atoms with van der Waals surface area (Å²) in [5.41, 5.74) is 1.38. The second-order valence-corrected chi connectivity index (χ2v) is 6.40. The fourth-order valence-corrected chi connectivity index (χ4v) is 3.17. The quantitative estimate of drug-likeness (QED) is 0.656. The Bertz CT molecular complexity index is 836. The summed E-state index contributed by atoms with van der Waals surface area (Å²) in [6.45, 7) is 1.98. The first-order chi connectivity index (χ1) is 12.2. The molecule has 1 aromatic heterocycles. The third kappa shape index (κ3) is 4.45. The second kappa shape index (κ2) is 7.94. The normalized spacial score (nSPS) is 11.9. The first-order valence-electron chi connectivity index (χ1n) is 7.85. The van der Waals surface area contributed by atoms with Crippen molar-refractivity contribution in [3.8, 4) is 0 Å². The van der Waals surface area contributed by atoms with Crippen molar-refractivity contribution in [3.05, 3.63) is 71.8 Å². The number of carbonyl (C=O) groups excluding carboxylic acids is 1. The van der Waals surface area contributed by atoms with E-state index in [2.05, 4.69) is 20.5 Å². The summed E-state index contributed by atoms with van der Waals surface area (Å²) in [7, 11) is 0. The summed E-state index contributed by atoms with van der Waals surface area (Å²) in [6.07, 6.45) is 0.741. The molecule has 2 aromatic carbocycles. The highest BCUT2D eigenvalue weighted by Gasteiger charge is 2.24. The van der Waals surface area contributed by atoms with E-state index in [4.69, 9.17) is 0 Å². The van der Waals surface area contributed by atoms with Gasteiger partial charge < -0.3 is 5.32 Å². The molecule has 0 radical (unpaired) electrons. The van der Waals surface area contributed by atoms with Crippen molar-refractivity contribution < 1.29 is 9.18 Å². The average Bonchev–Trinajstić information content (AvgIpc) is 3.10. The van der Waals surface area contributed by atoms with E-state index in [1.54, 1.807) is 0 Å². The zero-order chi connectivity index (χ0) is 17.6. The average molecular weight is 356 g/mol. The minimum atomic E-state index is -0.522. The molecule has 3 rings (SSSR count). The van der Waals surface area contributed by atoms with Gasteiger partial charge in [0.2, 0.25) is 11.1 Å². The lowest BCUT2D eigenvalue weighted by Gasteiger charge is -2.15. The number of carbonyl (C=O) groups is 1. The predicted octanol–water partition coefficient (Wildman–Crippen LogP) is 3.98. The predicted molar refractivity (Wildman–Crippen MR) is 95.8 cm³/mol. The van der Waals surface area contributed by atoms with Gasteiger partial charge in [0, 0.05) is 12.1 Å². The maximum absolute atomic E-state index is 13.0. The first-order valence-corrected chi connectivity index (χ1v) is 8.73. The third-order valence-electron chi connectivity index (χ3n) is 3.52. The molecule has 5 nitrogen and oxygen atoms in total. The Morgan fingerprint density at radius 2 is 1.92 bits per heavy atom. The number of halogens is 1. The van der Waals surface area contributed by atoms with E-state index in [-0.39, 0.29) is 11.7 Å². The molecule has 0 saturated carbocycles. The van der Waals surface area contributed by atoms with Crippen LogP contribution >= 0.6 is 11.8 Å². The molecule has 0 saturated heterocycles. The summed E-state index contributed by atoms with van der Waals surface area (Å²) in [5, 5.41) is 9.81. The highest BCUT2D eigenvalue weighted by Crippen LogP contribution is 2.34. The number of benzene rings is 2. The Kier molecular flexibility index (Phi) is 5.45. The zero-order valence-electron chi connectivity index (χ0n) is 13.6. The minimum absolute atomic E-state index is 0.217. The van der Waals surface area contributed by atoms with Gasteiger partial charge in [0.15, 0.2) is 0 Å². The lowest BCUT2D eigenvalue weighted by atomic mass is 10.1. The number of nitrogens with one attached hydrogen (secondary N) is 2. The molecular formula is C18H17FN4OS. The Labute approximate surface area is 149 Å². The van der Waals surface area contributed by atoms with E-state index < -0.39 is 5.25 Å². The SMILES string of the molecule is CCc1nc(SC(C(=O)Nc2ccc(F)cc2)c2ccccc2)n[nH]1. The van der Waals surface area contributed by atoms with Crippen LogP contribution in [0.1, 0.15) is 23.6 Å². The number of nitrogens with zero attached hydrogens (tertiary/aromatic N) is 2. The topological polar surface area (TPSA) is 70.7 Å². The van der Waals surface area contributed by atoms with Crippen LogP contribution in [0.2, 0.25) is 0 Å². The molecule has 0 bridgehead atoms. The number of H-pyrrole nitrogens is 1. The van der Waals surface area contributed by atoms with Gasteiger partial charge in [-0.1, -0.05) is 49.0 Å². The Morgan fingerprint density at radius 3 is 2.56 bits per heavy atom. The summed E-state index contributed by atoms with van der Waals surface area (Å²) in [4.78, 5) is 17.1. The first kappa shape index (κ1) is 17.2. The van der Waals surface area contributed by atoms with Crippen LogP contribution in [0.25, 0.3) is 0 Å². The van der Waals surface area contributed by atoms with Gasteiger partial charge in [-0.15, -0.1) is 5.10 Å². The van der Waals surface area contributed by atoms with Gasteiger partial charge in [-0.25, -0.2) is 9.37 Å². The molecule has 2 N–H and O–H groups in total. The van der Waals surface area contributed by atoms with Crippen LogP contribution in [0.15, 0.2) is 59.8 Å². The van der Waals surface area contributed by atoms with E-state index in [0.717, 1.165) is 17.8 Å². The van der Waals surface area contributed by atoms with Crippen LogP contribution in [0.4, 0.5) is 10.1 Å². The molecule has 3 aromatic rings. The number of anilines is 1. The van der Waals surface area contributed by atoms with Gasteiger partial charge >= 0.3 is 0 Å². The highest BCUT2D eigenvalue weighted by atomic mass is 32.2. The molecule has 0 aliphatic heterocycles. The van der Waals surface area contributed by atoms with Crippen LogP contribution in [0, 0.1) is 5.82 Å². The number of hydrogen-bond donors (Lipinski definition) is 2. The highest BCUT2D eigenvalue weighted by molar-refractivity contribution is 8.00. The molecule has 0 aliphatic rings. The fraction of sp³-hybridized carbons (Fsp3) is 0.167. The fourth-order valence-electron chi connectivity index (χ4n) is 2.24. The number of aromatic nitrogens is 3. The number of hydrogen-bond acceptors (Lipinski definition) is 4. The molecule has 128 valence electrons. The summed E-state index contributed by atoms with van der Waals surface area (Å²) >= 11 is 1.27. The van der Waals surface area contributed by atoms with E-state index in [0.29, 0.717) is 10.8 Å². The second-order valence-electron chi connectivity index (χ2n) is 5.32. The van der Waals surface area contributed by atoms with E-state index in [1.165, 1.54) is 36.0 Å². The van der Waals surface area contributed by atoms with Crippen LogP contribution < -0.4 is 5.32 Å². The van der Waals surface area contributed by atoms with Gasteiger partial charge in [0.25, 0.3) is 0 Å². The zero-order valence-corrected chi connectivity index (χ0v) is 14.4. The number of aryl methyl sites for hydroxylation is 1. The molecule has 25 heavy (non-hydrogen) atoms. The maximum Gasteiger partial charge on any atom is 0.242 e. The largest absolute Gasteiger partial charge is 0.325 e. The van der Waals surface area contributed by atoms with Crippen LogP contribution in [0.5, 0.6) is 0 Å². The summed E-state index contributed by atoms with van der Waals surface area (Å²) < 4.78 is 13.0. The molecule has 7 heteroatoms. The molecule has 1 heterocycles. The van der Waals surface area contributed by atoms with Crippen LogP contribution in [-0.4, -0.2) is 21.1 Å². The molecular weight excluding hydrogens is 339 g/mol. The van der Waals surface area contributed by atoms with E-state index in [1.807, 2.05) is 37.3 Å². The molecule has 1 unspecified atom stereocenters. The number of rotatable bonds is 6. The lowest BCUT2D eigenvalue weighted by Crippen LogP contribution is -2.19. The number of thioether (sulfide) groups is 1. The Hall–Kier alpha value is -2.67. The minimum Gasteiger partial charge on any atom is -0.325 e. The van der Waals surface area contributed by atoms with Gasteiger partial charge in [0.05, 0.1) is 0 Å². The molecule has 1 atom stereocenters. The van der Waals surface area contributed by atoms with Crippen molar-refractivity contribution in [3.63, 3.8) is 0 Å². The van der Waals surface area contributed by atoms with Crippen LogP contribution in [-0.2, 0) is 11.2 Å². The van der Waals surface area contributed by atoms with Gasteiger partial charge in [-0.2, -0.15) is 0 Å². The van der Waals surface area contributed by atoms with Gasteiger partial charge in [-0.3, -0.25) is 9.89 Å². The van der Waals surface area contributed by atoms with Crippen molar-refractivity contribution in [2.45, 2.75) is 23.8 Å². The van der Waals surface area contributed by atoms with Crippen molar-refractivity contribution >= 4 is 23.4 Å². The molecule has 0 fully saturated rings. The van der Waals surface area contributed by atoms with Crippen molar-refractivity contribution in [2.24, 2.45) is 0 Å². The smallest absolute Gasteiger partial charge is 0.242 e.